The standard InChI is InChI=1S/C27H46O3/c1-18(2)7-6-8-19(3)21-9-10-22-24(21,4)13-12-23-25(5)14-11-20(28)17-26(25,29)15-16-27(22,23)30/h15-16,18-23,28-30H,6-14,17H2,1-5H3/t19-,20?,21-,22-,23-,24-,25-,26?,27-/m1/s1. The van der Waals surface area contributed by atoms with Crippen LogP contribution >= 0.6 is 0 Å². The Hall–Kier alpha value is -0.380. The van der Waals surface area contributed by atoms with Gasteiger partial charge in [0.1, 0.15) is 0 Å². The molecule has 0 radical (unpaired) electrons. The van der Waals surface area contributed by atoms with Gasteiger partial charge in [-0.25, -0.2) is 0 Å². The number of aliphatic hydroxyl groups excluding tert-OH is 1. The lowest BCUT2D eigenvalue weighted by molar-refractivity contribution is -0.220. The van der Waals surface area contributed by atoms with E-state index in [2.05, 4.69) is 34.6 Å². The summed E-state index contributed by atoms with van der Waals surface area (Å²) in [6.45, 7) is 11.7. The molecule has 0 aromatic heterocycles. The maximum Gasteiger partial charge on any atom is 0.0910 e. The number of hydrogen-bond acceptors (Lipinski definition) is 3. The molecule has 0 amide bonds. The zero-order valence-corrected chi connectivity index (χ0v) is 20.0. The van der Waals surface area contributed by atoms with Gasteiger partial charge in [-0.05, 0) is 67.6 Å². The average molecular weight is 419 g/mol. The molecule has 4 aliphatic rings. The lowest BCUT2D eigenvalue weighted by atomic mass is 9.43. The lowest BCUT2D eigenvalue weighted by Crippen LogP contribution is -2.67. The summed E-state index contributed by atoms with van der Waals surface area (Å²) in [5, 5.41) is 33.9. The molecular weight excluding hydrogens is 372 g/mol. The minimum atomic E-state index is -0.989. The van der Waals surface area contributed by atoms with Crippen LogP contribution < -0.4 is 0 Å². The molecule has 0 aromatic rings. The van der Waals surface area contributed by atoms with E-state index in [1.165, 1.54) is 25.7 Å². The Kier molecular flexibility index (Phi) is 5.77. The van der Waals surface area contributed by atoms with Crippen molar-refractivity contribution < 1.29 is 15.3 Å². The quantitative estimate of drug-likeness (QED) is 0.519. The molecule has 0 aromatic carbocycles. The molecule has 172 valence electrons. The minimum absolute atomic E-state index is 0.0839. The molecule has 3 N–H and O–H groups in total. The molecule has 3 nitrogen and oxygen atoms in total. The van der Waals surface area contributed by atoms with E-state index < -0.39 is 17.3 Å². The number of aliphatic hydroxyl groups is 3. The Morgan fingerprint density at radius 1 is 0.900 bits per heavy atom. The number of fused-ring (bicyclic) bond motifs is 5. The van der Waals surface area contributed by atoms with Crippen LogP contribution in [0.5, 0.6) is 0 Å². The summed E-state index contributed by atoms with van der Waals surface area (Å²) in [4.78, 5) is 0. The molecular formula is C27H46O3. The summed E-state index contributed by atoms with van der Waals surface area (Å²) in [6, 6.07) is 0. The molecule has 4 aliphatic carbocycles. The van der Waals surface area contributed by atoms with Gasteiger partial charge in [-0.15, -0.1) is 0 Å². The maximum absolute atomic E-state index is 12.2. The summed E-state index contributed by atoms with van der Waals surface area (Å²) in [5.74, 6) is 2.55. The molecule has 0 saturated heterocycles. The van der Waals surface area contributed by atoms with E-state index in [9.17, 15) is 15.3 Å². The van der Waals surface area contributed by atoms with Crippen LogP contribution in [-0.2, 0) is 0 Å². The molecule has 30 heavy (non-hydrogen) atoms. The van der Waals surface area contributed by atoms with E-state index in [0.29, 0.717) is 18.3 Å². The SMILES string of the molecule is CC(C)CCC[C@@H](C)[C@H]1CC[C@H]2[C@]3(O)C=CC4(O)CC(O)CC[C@]4(C)[C@H]3CC[C@]12C. The lowest BCUT2D eigenvalue weighted by Gasteiger charge is -2.64. The predicted octanol–water partition coefficient (Wildman–Crippen LogP) is 5.47. The van der Waals surface area contributed by atoms with Crippen LogP contribution in [0.25, 0.3) is 0 Å². The average Bonchev–Trinajstić information content (AvgIpc) is 3.01. The van der Waals surface area contributed by atoms with Gasteiger partial charge < -0.3 is 15.3 Å². The minimum Gasteiger partial charge on any atom is -0.393 e. The molecule has 9 atom stereocenters. The van der Waals surface area contributed by atoms with Crippen molar-refractivity contribution in [1.82, 2.24) is 0 Å². The molecule has 0 spiro atoms. The van der Waals surface area contributed by atoms with Gasteiger partial charge in [0.2, 0.25) is 0 Å². The Labute approximate surface area is 184 Å². The van der Waals surface area contributed by atoms with Gasteiger partial charge in [0.05, 0.1) is 17.3 Å². The van der Waals surface area contributed by atoms with Crippen molar-refractivity contribution in [1.29, 1.82) is 0 Å². The van der Waals surface area contributed by atoms with Crippen LogP contribution in [0.1, 0.15) is 98.8 Å². The van der Waals surface area contributed by atoms with Gasteiger partial charge in [-0.3, -0.25) is 0 Å². The summed E-state index contributed by atoms with van der Waals surface area (Å²) in [6.07, 6.45) is 13.8. The van der Waals surface area contributed by atoms with Gasteiger partial charge in [-0.2, -0.15) is 0 Å². The van der Waals surface area contributed by atoms with Crippen LogP contribution in [0.2, 0.25) is 0 Å². The van der Waals surface area contributed by atoms with Crippen LogP contribution in [0, 0.1) is 40.4 Å². The second kappa shape index (κ2) is 7.59. The molecule has 3 saturated carbocycles. The van der Waals surface area contributed by atoms with Crippen LogP contribution in [0.4, 0.5) is 0 Å². The first-order valence-corrected chi connectivity index (χ1v) is 12.8. The van der Waals surface area contributed by atoms with E-state index in [1.807, 2.05) is 12.2 Å². The van der Waals surface area contributed by atoms with Gasteiger partial charge in [0, 0.05) is 17.8 Å². The van der Waals surface area contributed by atoms with Gasteiger partial charge in [0.25, 0.3) is 0 Å². The highest BCUT2D eigenvalue weighted by Crippen LogP contribution is 2.69. The summed E-state index contributed by atoms with van der Waals surface area (Å²) >= 11 is 0. The fourth-order valence-corrected chi connectivity index (χ4v) is 8.74. The Morgan fingerprint density at radius 2 is 1.63 bits per heavy atom. The van der Waals surface area contributed by atoms with E-state index in [1.54, 1.807) is 0 Å². The monoisotopic (exact) mass is 418 g/mol. The van der Waals surface area contributed by atoms with Crippen molar-refractivity contribution in [2.24, 2.45) is 40.4 Å². The molecule has 0 heterocycles. The predicted molar refractivity (Wildman–Crippen MR) is 122 cm³/mol. The van der Waals surface area contributed by atoms with E-state index in [0.717, 1.165) is 38.0 Å². The fraction of sp³-hybridized carbons (Fsp3) is 0.926. The topological polar surface area (TPSA) is 60.7 Å². The van der Waals surface area contributed by atoms with Gasteiger partial charge in [-0.1, -0.05) is 66.0 Å². The zero-order chi connectivity index (χ0) is 21.9. The number of rotatable bonds is 5. The summed E-state index contributed by atoms with van der Waals surface area (Å²) < 4.78 is 0. The highest BCUT2D eigenvalue weighted by molar-refractivity contribution is 5.30. The van der Waals surface area contributed by atoms with Gasteiger partial charge in [0.15, 0.2) is 0 Å². The van der Waals surface area contributed by atoms with E-state index in [4.69, 9.17) is 0 Å². The van der Waals surface area contributed by atoms with E-state index in [-0.39, 0.29) is 22.7 Å². The van der Waals surface area contributed by atoms with Crippen molar-refractivity contribution in [3.63, 3.8) is 0 Å². The molecule has 0 aliphatic heterocycles. The Bertz CT molecular complexity index is 673. The maximum atomic E-state index is 12.2. The second-order valence-electron chi connectivity index (χ2n) is 12.6. The Morgan fingerprint density at radius 3 is 2.33 bits per heavy atom. The second-order valence-corrected chi connectivity index (χ2v) is 12.6. The summed E-state index contributed by atoms with van der Waals surface area (Å²) in [5.41, 5.74) is -1.97. The third kappa shape index (κ3) is 3.25. The van der Waals surface area contributed by atoms with E-state index >= 15 is 0 Å². The van der Waals surface area contributed by atoms with Crippen LogP contribution in [0.3, 0.4) is 0 Å². The Balaban J connectivity index is 1.59. The molecule has 0 bridgehead atoms. The van der Waals surface area contributed by atoms with Crippen molar-refractivity contribution in [3.8, 4) is 0 Å². The molecule has 4 rings (SSSR count). The molecule has 3 heteroatoms. The first-order valence-electron chi connectivity index (χ1n) is 12.8. The zero-order valence-electron chi connectivity index (χ0n) is 20.0. The first-order chi connectivity index (χ1) is 14.0. The van der Waals surface area contributed by atoms with Crippen LogP contribution in [0.15, 0.2) is 12.2 Å². The number of hydrogen-bond donors (Lipinski definition) is 3. The highest BCUT2D eigenvalue weighted by atomic mass is 16.3. The molecule has 3 fully saturated rings. The summed E-state index contributed by atoms with van der Waals surface area (Å²) in [7, 11) is 0. The largest absolute Gasteiger partial charge is 0.393 e. The highest BCUT2D eigenvalue weighted by Gasteiger charge is 2.68. The first kappa shape index (κ1) is 22.8. The molecule has 2 unspecified atom stereocenters. The smallest absolute Gasteiger partial charge is 0.0910 e. The van der Waals surface area contributed by atoms with Crippen molar-refractivity contribution in [3.05, 3.63) is 12.2 Å². The fourth-order valence-electron chi connectivity index (χ4n) is 8.74. The normalized spacial score (nSPS) is 51.4. The van der Waals surface area contributed by atoms with Gasteiger partial charge >= 0.3 is 0 Å². The third-order valence-corrected chi connectivity index (χ3v) is 10.6. The third-order valence-electron chi connectivity index (χ3n) is 10.6. The van der Waals surface area contributed by atoms with Crippen molar-refractivity contribution in [2.45, 2.75) is 116 Å². The van der Waals surface area contributed by atoms with Crippen molar-refractivity contribution in [2.75, 3.05) is 0 Å². The van der Waals surface area contributed by atoms with Crippen LogP contribution in [-0.4, -0.2) is 32.6 Å². The van der Waals surface area contributed by atoms with Crippen molar-refractivity contribution >= 4 is 0 Å².